The molecule has 1 aliphatic carbocycles. The average molecular weight is 567 g/mol. The molecular formula is C27H21Br2NO3. The Morgan fingerprint density at radius 2 is 1.58 bits per heavy atom. The van der Waals surface area contributed by atoms with E-state index in [2.05, 4.69) is 73.6 Å². The van der Waals surface area contributed by atoms with Crippen molar-refractivity contribution in [2.24, 2.45) is 5.92 Å². The zero-order chi connectivity index (χ0) is 22.9. The maximum atomic E-state index is 12.7. The fourth-order valence-corrected chi connectivity index (χ4v) is 5.18. The SMILES string of the molecule is O=C(COC(=O)c1ccc2c(c1)[C@H]1C=CC[C@H]1[C@@H](c1ccc(Br)cc1)N2)c1ccc(Br)cc1. The molecule has 1 heterocycles. The number of rotatable bonds is 5. The van der Waals surface area contributed by atoms with E-state index in [1.807, 2.05) is 12.1 Å². The van der Waals surface area contributed by atoms with E-state index in [1.54, 1.807) is 30.3 Å². The standard InChI is InChI=1S/C27H21Br2NO3/c28-19-9-4-16(5-10-19)25(31)15-33-27(32)18-8-13-24-23(14-18)21-2-1-3-22(21)26(30-24)17-6-11-20(29)12-7-17/h1-2,4-14,21-22,26,30H,3,15H2/t21-,22+,26+/m0/s1. The van der Waals surface area contributed by atoms with Crippen molar-refractivity contribution >= 4 is 49.3 Å². The summed E-state index contributed by atoms with van der Waals surface area (Å²) in [5.74, 6) is -0.112. The van der Waals surface area contributed by atoms with Gasteiger partial charge in [-0.3, -0.25) is 4.79 Å². The van der Waals surface area contributed by atoms with Gasteiger partial charge in [0.05, 0.1) is 11.6 Å². The van der Waals surface area contributed by atoms with E-state index in [4.69, 9.17) is 4.74 Å². The summed E-state index contributed by atoms with van der Waals surface area (Å²) in [6.07, 6.45) is 5.44. The Labute approximate surface area is 209 Å². The van der Waals surface area contributed by atoms with Gasteiger partial charge in [0, 0.05) is 26.1 Å². The molecule has 0 spiro atoms. The Morgan fingerprint density at radius 3 is 2.30 bits per heavy atom. The van der Waals surface area contributed by atoms with Gasteiger partial charge in [0.2, 0.25) is 0 Å². The van der Waals surface area contributed by atoms with Crippen molar-refractivity contribution < 1.29 is 14.3 Å². The molecule has 3 aromatic rings. The van der Waals surface area contributed by atoms with E-state index >= 15 is 0 Å². The minimum Gasteiger partial charge on any atom is -0.454 e. The van der Waals surface area contributed by atoms with Crippen LogP contribution >= 0.6 is 31.9 Å². The summed E-state index contributed by atoms with van der Waals surface area (Å²) in [4.78, 5) is 25.1. The lowest BCUT2D eigenvalue weighted by Gasteiger charge is -2.37. The van der Waals surface area contributed by atoms with Crippen molar-refractivity contribution in [3.8, 4) is 0 Å². The Bertz CT molecular complexity index is 1240. The number of ether oxygens (including phenoxy) is 1. The molecule has 0 amide bonds. The molecule has 1 N–H and O–H groups in total. The molecule has 0 saturated carbocycles. The van der Waals surface area contributed by atoms with Gasteiger partial charge >= 0.3 is 5.97 Å². The van der Waals surface area contributed by atoms with Crippen LogP contribution in [0.25, 0.3) is 0 Å². The van der Waals surface area contributed by atoms with Crippen molar-refractivity contribution in [3.05, 3.63) is 110 Å². The van der Waals surface area contributed by atoms with Gasteiger partial charge in [0.15, 0.2) is 12.4 Å². The number of hydrogen-bond donors (Lipinski definition) is 1. The van der Waals surface area contributed by atoms with Gasteiger partial charge in [-0.15, -0.1) is 0 Å². The minimum absolute atomic E-state index is 0.201. The molecule has 0 unspecified atom stereocenters. The second kappa shape index (κ2) is 9.27. The second-order valence-electron chi connectivity index (χ2n) is 8.34. The van der Waals surface area contributed by atoms with Crippen LogP contribution in [-0.4, -0.2) is 18.4 Å². The lowest BCUT2D eigenvalue weighted by atomic mass is 9.76. The molecule has 1 aliphatic heterocycles. The molecular weight excluding hydrogens is 546 g/mol. The summed E-state index contributed by atoms with van der Waals surface area (Å²) >= 11 is 6.86. The van der Waals surface area contributed by atoms with Crippen LogP contribution in [0.5, 0.6) is 0 Å². The van der Waals surface area contributed by atoms with Crippen LogP contribution in [0.2, 0.25) is 0 Å². The summed E-state index contributed by atoms with van der Waals surface area (Å²) in [6, 6.07) is 21.2. The summed E-state index contributed by atoms with van der Waals surface area (Å²) in [5, 5.41) is 3.68. The third-order valence-electron chi connectivity index (χ3n) is 6.33. The van der Waals surface area contributed by atoms with Crippen molar-refractivity contribution in [2.75, 3.05) is 11.9 Å². The normalized spacial score (nSPS) is 20.5. The molecule has 2 aliphatic rings. The van der Waals surface area contributed by atoms with Crippen LogP contribution in [-0.2, 0) is 4.74 Å². The minimum atomic E-state index is -0.489. The van der Waals surface area contributed by atoms with Gasteiger partial charge in [0.1, 0.15) is 0 Å². The van der Waals surface area contributed by atoms with Gasteiger partial charge in [-0.1, -0.05) is 68.3 Å². The molecule has 0 saturated heterocycles. The van der Waals surface area contributed by atoms with E-state index in [-0.39, 0.29) is 24.3 Å². The molecule has 4 nitrogen and oxygen atoms in total. The molecule has 5 rings (SSSR count). The molecule has 3 atom stereocenters. The van der Waals surface area contributed by atoms with Gasteiger partial charge in [-0.2, -0.15) is 0 Å². The first-order chi connectivity index (χ1) is 16.0. The van der Waals surface area contributed by atoms with Crippen molar-refractivity contribution in [3.63, 3.8) is 0 Å². The van der Waals surface area contributed by atoms with E-state index < -0.39 is 5.97 Å². The largest absolute Gasteiger partial charge is 0.454 e. The third-order valence-corrected chi connectivity index (χ3v) is 7.39. The second-order valence-corrected chi connectivity index (χ2v) is 10.2. The smallest absolute Gasteiger partial charge is 0.338 e. The van der Waals surface area contributed by atoms with Gasteiger partial charge in [-0.25, -0.2) is 4.79 Å². The predicted octanol–water partition coefficient (Wildman–Crippen LogP) is 7.08. The van der Waals surface area contributed by atoms with E-state index in [0.717, 1.165) is 26.6 Å². The average Bonchev–Trinajstić information content (AvgIpc) is 3.33. The molecule has 6 heteroatoms. The monoisotopic (exact) mass is 565 g/mol. The van der Waals surface area contributed by atoms with E-state index in [9.17, 15) is 9.59 Å². The van der Waals surface area contributed by atoms with Gasteiger partial charge in [0.25, 0.3) is 0 Å². The van der Waals surface area contributed by atoms with Crippen LogP contribution < -0.4 is 5.32 Å². The number of nitrogens with one attached hydrogen (secondary N) is 1. The third kappa shape index (κ3) is 4.55. The van der Waals surface area contributed by atoms with Crippen LogP contribution in [0.4, 0.5) is 5.69 Å². The number of hydrogen-bond acceptors (Lipinski definition) is 4. The zero-order valence-corrected chi connectivity index (χ0v) is 20.8. The molecule has 0 fully saturated rings. The van der Waals surface area contributed by atoms with E-state index in [1.165, 1.54) is 5.56 Å². The number of Topliss-reactive ketones (excluding diaryl/α,β-unsaturated/α-hetero) is 1. The highest BCUT2D eigenvalue weighted by molar-refractivity contribution is 9.10. The number of halogens is 2. The topological polar surface area (TPSA) is 55.4 Å². The fourth-order valence-electron chi connectivity index (χ4n) is 4.66. The van der Waals surface area contributed by atoms with Gasteiger partial charge < -0.3 is 10.1 Å². The predicted molar refractivity (Wildman–Crippen MR) is 136 cm³/mol. The summed E-state index contributed by atoms with van der Waals surface area (Å²) < 4.78 is 7.29. The molecule has 0 bridgehead atoms. The Kier molecular flexibility index (Phi) is 6.21. The molecule has 3 aromatic carbocycles. The summed E-state index contributed by atoms with van der Waals surface area (Å²) in [7, 11) is 0. The lowest BCUT2D eigenvalue weighted by Crippen LogP contribution is -2.29. The number of benzene rings is 3. The van der Waals surface area contributed by atoms with Crippen molar-refractivity contribution in [2.45, 2.75) is 18.4 Å². The van der Waals surface area contributed by atoms with Crippen LogP contribution in [0.15, 0.2) is 87.8 Å². The van der Waals surface area contributed by atoms with Crippen LogP contribution in [0.1, 0.15) is 50.2 Å². The number of fused-ring (bicyclic) bond motifs is 3. The molecule has 166 valence electrons. The Morgan fingerprint density at radius 1 is 0.909 bits per heavy atom. The number of anilines is 1. The first kappa shape index (κ1) is 22.1. The number of allylic oxidation sites excluding steroid dienone is 2. The quantitative estimate of drug-likeness (QED) is 0.204. The van der Waals surface area contributed by atoms with Crippen molar-refractivity contribution in [1.82, 2.24) is 0 Å². The Hall–Kier alpha value is -2.70. The number of esters is 1. The van der Waals surface area contributed by atoms with Crippen molar-refractivity contribution in [1.29, 1.82) is 0 Å². The highest BCUT2D eigenvalue weighted by atomic mass is 79.9. The highest BCUT2D eigenvalue weighted by Gasteiger charge is 2.38. The molecule has 0 aromatic heterocycles. The summed E-state index contributed by atoms with van der Waals surface area (Å²) in [5.41, 5.74) is 4.34. The maximum absolute atomic E-state index is 12.7. The molecule has 33 heavy (non-hydrogen) atoms. The fraction of sp³-hybridized carbons (Fsp3) is 0.185. The van der Waals surface area contributed by atoms with Crippen LogP contribution in [0, 0.1) is 5.92 Å². The first-order valence-corrected chi connectivity index (χ1v) is 12.4. The first-order valence-electron chi connectivity index (χ1n) is 10.8. The summed E-state index contributed by atoms with van der Waals surface area (Å²) in [6.45, 7) is -0.284. The highest BCUT2D eigenvalue weighted by Crippen LogP contribution is 2.50. The lowest BCUT2D eigenvalue weighted by molar-refractivity contribution is 0.0474. The van der Waals surface area contributed by atoms with Crippen LogP contribution in [0.3, 0.4) is 0 Å². The molecule has 0 radical (unpaired) electrons. The maximum Gasteiger partial charge on any atom is 0.338 e. The number of carbonyl (C=O) groups excluding carboxylic acids is 2. The van der Waals surface area contributed by atoms with Gasteiger partial charge in [-0.05, 0) is 65.9 Å². The number of ketones is 1. The Balaban J connectivity index is 1.33. The number of carbonyl (C=O) groups is 2. The zero-order valence-electron chi connectivity index (χ0n) is 17.6. The van der Waals surface area contributed by atoms with E-state index in [0.29, 0.717) is 17.0 Å².